The summed E-state index contributed by atoms with van der Waals surface area (Å²) in [6.45, 7) is 7.10. The predicted molar refractivity (Wildman–Crippen MR) is 62.9 cm³/mol. The van der Waals surface area contributed by atoms with Crippen molar-refractivity contribution in [1.82, 2.24) is 9.97 Å². The monoisotopic (exact) mass is 209 g/mol. The van der Waals surface area contributed by atoms with Crippen LogP contribution in [0.4, 0.5) is 11.6 Å². The lowest BCUT2D eigenvalue weighted by atomic mass is 10.2. The van der Waals surface area contributed by atoms with E-state index in [1.54, 1.807) is 0 Å². The lowest BCUT2D eigenvalue weighted by Crippen LogP contribution is -2.20. The van der Waals surface area contributed by atoms with E-state index in [4.69, 9.17) is 5.84 Å². The number of nitrogens with two attached hydrogens (primary N) is 1. The van der Waals surface area contributed by atoms with Crippen molar-refractivity contribution < 1.29 is 0 Å². The van der Waals surface area contributed by atoms with Crippen LogP contribution < -0.4 is 16.2 Å². The third-order valence-electron chi connectivity index (χ3n) is 2.26. The minimum absolute atomic E-state index is 0.294. The Labute approximate surface area is 90.7 Å². The molecule has 3 N–H and O–H groups in total. The van der Waals surface area contributed by atoms with E-state index in [0.29, 0.717) is 11.7 Å². The first-order valence-corrected chi connectivity index (χ1v) is 5.15. The molecule has 0 radical (unpaired) electrons. The molecule has 15 heavy (non-hydrogen) atoms. The first-order chi connectivity index (χ1) is 7.08. The van der Waals surface area contributed by atoms with Gasteiger partial charge in [-0.3, -0.25) is 0 Å². The molecule has 1 heterocycles. The number of rotatable bonds is 4. The van der Waals surface area contributed by atoms with Crippen molar-refractivity contribution >= 4 is 11.6 Å². The van der Waals surface area contributed by atoms with Crippen LogP contribution in [0, 0.1) is 0 Å². The fourth-order valence-corrected chi connectivity index (χ4v) is 1.14. The van der Waals surface area contributed by atoms with Gasteiger partial charge in [0.15, 0.2) is 0 Å². The van der Waals surface area contributed by atoms with E-state index in [2.05, 4.69) is 41.1 Å². The molecule has 0 fully saturated rings. The average molecular weight is 209 g/mol. The molecule has 0 amide bonds. The molecular weight excluding hydrogens is 190 g/mol. The Morgan fingerprint density at radius 1 is 1.47 bits per heavy atom. The average Bonchev–Trinajstić information content (AvgIpc) is 2.27. The molecule has 0 aliphatic heterocycles. The highest BCUT2D eigenvalue weighted by atomic mass is 15.3. The van der Waals surface area contributed by atoms with E-state index in [-0.39, 0.29) is 0 Å². The maximum absolute atomic E-state index is 5.37. The van der Waals surface area contributed by atoms with Crippen molar-refractivity contribution in [2.24, 2.45) is 5.84 Å². The van der Waals surface area contributed by atoms with Gasteiger partial charge in [-0.05, 0) is 6.92 Å². The standard InChI is InChI=1S/C10H19N5/c1-5-15(4)9-6-8(14-11)12-10(13-9)7(2)3/h6-7H,5,11H2,1-4H3,(H,12,13,14). The summed E-state index contributed by atoms with van der Waals surface area (Å²) in [5, 5.41) is 0. The third-order valence-corrected chi connectivity index (χ3v) is 2.26. The van der Waals surface area contributed by atoms with E-state index in [0.717, 1.165) is 18.2 Å². The van der Waals surface area contributed by atoms with Gasteiger partial charge < -0.3 is 10.3 Å². The van der Waals surface area contributed by atoms with Crippen molar-refractivity contribution in [2.45, 2.75) is 26.7 Å². The van der Waals surface area contributed by atoms with Gasteiger partial charge in [0.25, 0.3) is 0 Å². The van der Waals surface area contributed by atoms with Crippen molar-refractivity contribution in [3.63, 3.8) is 0 Å². The molecule has 5 nitrogen and oxygen atoms in total. The number of nitrogens with zero attached hydrogens (tertiary/aromatic N) is 3. The van der Waals surface area contributed by atoms with Gasteiger partial charge >= 0.3 is 0 Å². The van der Waals surface area contributed by atoms with E-state index in [1.807, 2.05) is 13.1 Å². The molecule has 0 saturated carbocycles. The van der Waals surface area contributed by atoms with E-state index in [1.165, 1.54) is 0 Å². The Morgan fingerprint density at radius 3 is 2.60 bits per heavy atom. The molecule has 1 aromatic rings. The van der Waals surface area contributed by atoms with Crippen molar-refractivity contribution in [3.05, 3.63) is 11.9 Å². The summed E-state index contributed by atoms with van der Waals surface area (Å²) in [5.41, 5.74) is 2.56. The summed E-state index contributed by atoms with van der Waals surface area (Å²) in [6, 6.07) is 1.84. The number of hydrogen-bond acceptors (Lipinski definition) is 5. The van der Waals surface area contributed by atoms with E-state index >= 15 is 0 Å². The molecule has 1 rings (SSSR count). The number of anilines is 2. The molecule has 5 heteroatoms. The summed E-state index contributed by atoms with van der Waals surface area (Å²) in [4.78, 5) is 10.8. The van der Waals surface area contributed by atoms with Gasteiger partial charge in [0, 0.05) is 25.6 Å². The highest BCUT2D eigenvalue weighted by Gasteiger charge is 2.09. The number of aromatic nitrogens is 2. The molecular formula is C10H19N5. The third kappa shape index (κ3) is 2.79. The first-order valence-electron chi connectivity index (χ1n) is 5.15. The second-order valence-corrected chi connectivity index (χ2v) is 3.78. The van der Waals surface area contributed by atoms with Crippen LogP contribution in [-0.4, -0.2) is 23.6 Å². The Bertz CT molecular complexity index is 324. The highest BCUT2D eigenvalue weighted by Crippen LogP contribution is 2.18. The highest BCUT2D eigenvalue weighted by molar-refractivity contribution is 5.48. The van der Waals surface area contributed by atoms with Gasteiger partial charge in [-0.25, -0.2) is 15.8 Å². The maximum Gasteiger partial charge on any atom is 0.145 e. The van der Waals surface area contributed by atoms with Gasteiger partial charge in [-0.2, -0.15) is 0 Å². The molecule has 0 aromatic carbocycles. The van der Waals surface area contributed by atoms with Gasteiger partial charge in [-0.15, -0.1) is 0 Å². The van der Waals surface area contributed by atoms with E-state index in [9.17, 15) is 0 Å². The van der Waals surface area contributed by atoms with Gasteiger partial charge in [0.2, 0.25) is 0 Å². The second kappa shape index (κ2) is 4.93. The lowest BCUT2D eigenvalue weighted by Gasteiger charge is -2.18. The van der Waals surface area contributed by atoms with Crippen molar-refractivity contribution in [3.8, 4) is 0 Å². The maximum atomic E-state index is 5.37. The molecule has 0 aliphatic rings. The van der Waals surface area contributed by atoms with Gasteiger partial charge in [-0.1, -0.05) is 13.8 Å². The lowest BCUT2D eigenvalue weighted by molar-refractivity contribution is 0.766. The minimum Gasteiger partial charge on any atom is -0.360 e. The molecule has 0 saturated heterocycles. The Kier molecular flexibility index (Phi) is 3.85. The quantitative estimate of drug-likeness (QED) is 0.578. The van der Waals surface area contributed by atoms with Crippen LogP contribution in [0.3, 0.4) is 0 Å². The van der Waals surface area contributed by atoms with Crippen molar-refractivity contribution in [1.29, 1.82) is 0 Å². The molecule has 1 aromatic heterocycles. The van der Waals surface area contributed by atoms with Crippen LogP contribution in [0.1, 0.15) is 32.5 Å². The summed E-state index contributed by atoms with van der Waals surface area (Å²) in [6.07, 6.45) is 0. The van der Waals surface area contributed by atoms with Crippen LogP contribution in [0.25, 0.3) is 0 Å². The van der Waals surface area contributed by atoms with Gasteiger partial charge in [0.1, 0.15) is 17.5 Å². The molecule has 0 unspecified atom stereocenters. The van der Waals surface area contributed by atoms with E-state index < -0.39 is 0 Å². The zero-order chi connectivity index (χ0) is 11.4. The molecule has 84 valence electrons. The topological polar surface area (TPSA) is 67.1 Å². The number of hydrazine groups is 1. The molecule has 0 spiro atoms. The first kappa shape index (κ1) is 11.7. The fourth-order valence-electron chi connectivity index (χ4n) is 1.14. The SMILES string of the molecule is CCN(C)c1cc(NN)nc(C(C)C)n1. The van der Waals surface area contributed by atoms with Crippen LogP contribution >= 0.6 is 0 Å². The molecule has 0 bridgehead atoms. The summed E-state index contributed by atoms with van der Waals surface area (Å²) >= 11 is 0. The van der Waals surface area contributed by atoms with Gasteiger partial charge in [0.05, 0.1) is 0 Å². The van der Waals surface area contributed by atoms with Crippen LogP contribution in [0.5, 0.6) is 0 Å². The summed E-state index contributed by atoms with van der Waals surface area (Å²) in [7, 11) is 1.99. The number of nitrogens with one attached hydrogen (secondary N) is 1. The predicted octanol–water partition coefficient (Wildman–Crippen LogP) is 1.34. The largest absolute Gasteiger partial charge is 0.360 e. The van der Waals surface area contributed by atoms with Crippen LogP contribution in [0.2, 0.25) is 0 Å². The Balaban J connectivity index is 3.11. The van der Waals surface area contributed by atoms with Crippen LogP contribution in [0.15, 0.2) is 6.07 Å². The normalized spacial score (nSPS) is 10.5. The van der Waals surface area contributed by atoms with Crippen molar-refractivity contribution in [2.75, 3.05) is 23.9 Å². The molecule has 0 aliphatic carbocycles. The van der Waals surface area contributed by atoms with Crippen LogP contribution in [-0.2, 0) is 0 Å². The fraction of sp³-hybridized carbons (Fsp3) is 0.600. The minimum atomic E-state index is 0.294. The second-order valence-electron chi connectivity index (χ2n) is 3.78. The zero-order valence-electron chi connectivity index (χ0n) is 9.78. The number of hydrogen-bond donors (Lipinski definition) is 2. The molecule has 0 atom stereocenters. The number of nitrogen functional groups attached to an aromatic ring is 1. The Morgan fingerprint density at radius 2 is 2.13 bits per heavy atom. The Hall–Kier alpha value is -1.36. The summed E-state index contributed by atoms with van der Waals surface area (Å²) < 4.78 is 0. The summed E-state index contributed by atoms with van der Waals surface area (Å²) in [5.74, 6) is 8.02. The smallest absolute Gasteiger partial charge is 0.145 e. The zero-order valence-corrected chi connectivity index (χ0v) is 9.78.